The van der Waals surface area contributed by atoms with Gasteiger partial charge in [0.2, 0.25) is 15.9 Å². The summed E-state index contributed by atoms with van der Waals surface area (Å²) >= 11 is 0. The number of sulfonamides is 1. The molecule has 1 N–H and O–H groups in total. The van der Waals surface area contributed by atoms with Crippen LogP contribution in [0.15, 0.2) is 24.4 Å². The molecule has 1 aromatic heterocycles. The summed E-state index contributed by atoms with van der Waals surface area (Å²) in [5.41, 5.74) is 0. The molecule has 116 valence electrons. The third-order valence-corrected chi connectivity index (χ3v) is 5.21. The van der Waals surface area contributed by atoms with Crippen LogP contribution in [0.25, 0.3) is 0 Å². The lowest BCUT2D eigenvalue weighted by atomic mass is 10.3. The average Bonchev–Trinajstić information content (AvgIpc) is 2.48. The fraction of sp³-hybridized carbons (Fsp3) is 0.538. The van der Waals surface area contributed by atoms with E-state index in [0.29, 0.717) is 26.2 Å². The highest BCUT2D eigenvalue weighted by Gasteiger charge is 2.26. The minimum Gasteiger partial charge on any atom is -0.355 e. The molecule has 2 heterocycles. The first-order chi connectivity index (χ1) is 9.99. The maximum atomic E-state index is 12.2. The molecule has 2 rings (SSSR count). The van der Waals surface area contributed by atoms with Gasteiger partial charge in [0.15, 0.2) is 0 Å². The van der Waals surface area contributed by atoms with Gasteiger partial charge < -0.3 is 10.2 Å². The topological polar surface area (TPSA) is 82.6 Å². The Labute approximate surface area is 125 Å². The smallest absolute Gasteiger partial charge is 0.216 e. The third kappa shape index (κ3) is 4.40. The summed E-state index contributed by atoms with van der Waals surface area (Å²) < 4.78 is 25.8. The van der Waals surface area contributed by atoms with Gasteiger partial charge in [-0.3, -0.25) is 4.79 Å². The van der Waals surface area contributed by atoms with E-state index in [2.05, 4.69) is 15.2 Å². The van der Waals surface area contributed by atoms with Crippen LogP contribution in [0.3, 0.4) is 0 Å². The van der Waals surface area contributed by atoms with Crippen molar-refractivity contribution in [3.8, 4) is 0 Å². The molecule has 1 saturated heterocycles. The van der Waals surface area contributed by atoms with Crippen molar-refractivity contribution >= 4 is 21.7 Å². The highest BCUT2D eigenvalue weighted by molar-refractivity contribution is 7.89. The minimum absolute atomic E-state index is 0.0594. The molecule has 0 aromatic carbocycles. The molecule has 7 nitrogen and oxygen atoms in total. The molecule has 0 saturated carbocycles. The number of nitrogens with zero attached hydrogens (tertiary/aromatic N) is 3. The number of piperazine rings is 1. The number of anilines is 1. The van der Waals surface area contributed by atoms with Crippen LogP contribution in [-0.4, -0.2) is 62.1 Å². The van der Waals surface area contributed by atoms with Gasteiger partial charge in [-0.1, -0.05) is 6.07 Å². The standard InChI is InChI=1S/C13H20N4O3S/c1-12(18)14-6-11-21(19,20)17-9-7-16(8-10-17)13-4-2-3-5-15-13/h2-5H,6-11H2,1H3,(H,14,18). The van der Waals surface area contributed by atoms with E-state index in [1.165, 1.54) is 11.2 Å². The molecule has 1 fully saturated rings. The van der Waals surface area contributed by atoms with E-state index < -0.39 is 10.0 Å². The first kappa shape index (κ1) is 15.7. The Balaban J connectivity index is 1.87. The first-order valence-electron chi connectivity index (χ1n) is 6.87. The van der Waals surface area contributed by atoms with E-state index in [0.717, 1.165) is 5.82 Å². The Morgan fingerprint density at radius 2 is 2.00 bits per heavy atom. The molecule has 1 aliphatic rings. The van der Waals surface area contributed by atoms with Gasteiger partial charge in [0.25, 0.3) is 0 Å². The number of pyridine rings is 1. The van der Waals surface area contributed by atoms with Crippen LogP contribution >= 0.6 is 0 Å². The molecule has 21 heavy (non-hydrogen) atoms. The zero-order chi connectivity index (χ0) is 15.3. The van der Waals surface area contributed by atoms with Crippen molar-refractivity contribution in [1.29, 1.82) is 0 Å². The summed E-state index contributed by atoms with van der Waals surface area (Å²) in [4.78, 5) is 17.1. The molecule has 0 atom stereocenters. The molecule has 0 spiro atoms. The van der Waals surface area contributed by atoms with Gasteiger partial charge in [-0.2, -0.15) is 4.31 Å². The van der Waals surface area contributed by atoms with Crippen molar-refractivity contribution in [3.63, 3.8) is 0 Å². The number of carbonyl (C=O) groups excluding carboxylic acids is 1. The minimum atomic E-state index is -3.31. The molecule has 0 unspecified atom stereocenters. The average molecular weight is 312 g/mol. The highest BCUT2D eigenvalue weighted by Crippen LogP contribution is 2.14. The lowest BCUT2D eigenvalue weighted by Crippen LogP contribution is -2.50. The van der Waals surface area contributed by atoms with Crippen LogP contribution in [-0.2, 0) is 14.8 Å². The van der Waals surface area contributed by atoms with Gasteiger partial charge in [-0.15, -0.1) is 0 Å². The molecule has 0 aliphatic carbocycles. The van der Waals surface area contributed by atoms with Crippen molar-refractivity contribution in [3.05, 3.63) is 24.4 Å². The maximum Gasteiger partial charge on any atom is 0.216 e. The van der Waals surface area contributed by atoms with Gasteiger partial charge in [0.05, 0.1) is 5.75 Å². The fourth-order valence-electron chi connectivity index (χ4n) is 2.22. The van der Waals surface area contributed by atoms with E-state index in [1.807, 2.05) is 18.2 Å². The number of aromatic nitrogens is 1. The van der Waals surface area contributed by atoms with Crippen molar-refractivity contribution in [1.82, 2.24) is 14.6 Å². The second-order valence-corrected chi connectivity index (χ2v) is 6.96. The largest absolute Gasteiger partial charge is 0.355 e. The van der Waals surface area contributed by atoms with E-state index in [-0.39, 0.29) is 18.2 Å². The van der Waals surface area contributed by atoms with E-state index in [9.17, 15) is 13.2 Å². The quantitative estimate of drug-likeness (QED) is 0.805. The number of carbonyl (C=O) groups is 1. The Kier molecular flexibility index (Phi) is 5.13. The molecule has 1 amide bonds. The lowest BCUT2D eigenvalue weighted by Gasteiger charge is -2.34. The predicted octanol–water partition coefficient (Wildman–Crippen LogP) is -0.330. The third-order valence-electron chi connectivity index (χ3n) is 3.34. The second kappa shape index (κ2) is 6.86. The number of hydrogen-bond acceptors (Lipinski definition) is 5. The van der Waals surface area contributed by atoms with Crippen LogP contribution in [0.1, 0.15) is 6.92 Å². The summed E-state index contributed by atoms with van der Waals surface area (Å²) in [7, 11) is -3.31. The second-order valence-electron chi connectivity index (χ2n) is 4.87. The van der Waals surface area contributed by atoms with Gasteiger partial charge in [0, 0.05) is 45.8 Å². The van der Waals surface area contributed by atoms with Crippen molar-refractivity contribution in [2.75, 3.05) is 43.4 Å². The Hall–Kier alpha value is -1.67. The molecule has 0 radical (unpaired) electrons. The van der Waals surface area contributed by atoms with E-state index in [4.69, 9.17) is 0 Å². The summed E-state index contributed by atoms with van der Waals surface area (Å²) in [5, 5.41) is 2.51. The fourth-order valence-corrected chi connectivity index (χ4v) is 3.56. The normalized spacial score (nSPS) is 16.7. The molecule has 8 heteroatoms. The van der Waals surface area contributed by atoms with Gasteiger partial charge >= 0.3 is 0 Å². The van der Waals surface area contributed by atoms with Crippen LogP contribution < -0.4 is 10.2 Å². The number of amides is 1. The SMILES string of the molecule is CC(=O)NCCS(=O)(=O)N1CCN(c2ccccn2)CC1. The molecule has 1 aromatic rings. The maximum absolute atomic E-state index is 12.2. The van der Waals surface area contributed by atoms with Crippen LogP contribution in [0.2, 0.25) is 0 Å². The predicted molar refractivity (Wildman–Crippen MR) is 80.5 cm³/mol. The summed E-state index contributed by atoms with van der Waals surface area (Å²) in [6.45, 7) is 3.65. The van der Waals surface area contributed by atoms with Crippen LogP contribution in [0.4, 0.5) is 5.82 Å². The Bertz CT molecular complexity index is 568. The van der Waals surface area contributed by atoms with Crippen molar-refractivity contribution in [2.45, 2.75) is 6.92 Å². The lowest BCUT2D eigenvalue weighted by molar-refractivity contribution is -0.118. The van der Waals surface area contributed by atoms with Gasteiger partial charge in [-0.25, -0.2) is 13.4 Å². The summed E-state index contributed by atoms with van der Waals surface area (Å²) in [6.07, 6.45) is 1.73. The number of nitrogens with one attached hydrogen (secondary N) is 1. The van der Waals surface area contributed by atoms with Gasteiger partial charge in [-0.05, 0) is 12.1 Å². The monoisotopic (exact) mass is 312 g/mol. The first-order valence-corrected chi connectivity index (χ1v) is 8.48. The van der Waals surface area contributed by atoms with Gasteiger partial charge in [0.1, 0.15) is 5.82 Å². The summed E-state index contributed by atoms with van der Waals surface area (Å²) in [6, 6.07) is 5.69. The molecular formula is C13H20N4O3S. The Morgan fingerprint density at radius 3 is 2.57 bits per heavy atom. The van der Waals surface area contributed by atoms with Crippen molar-refractivity contribution in [2.24, 2.45) is 0 Å². The molecular weight excluding hydrogens is 292 g/mol. The van der Waals surface area contributed by atoms with Crippen LogP contribution in [0.5, 0.6) is 0 Å². The zero-order valence-corrected chi connectivity index (χ0v) is 12.8. The number of hydrogen-bond donors (Lipinski definition) is 1. The molecule has 1 aliphatic heterocycles. The zero-order valence-electron chi connectivity index (χ0n) is 12.0. The van der Waals surface area contributed by atoms with E-state index >= 15 is 0 Å². The molecule has 0 bridgehead atoms. The van der Waals surface area contributed by atoms with Crippen molar-refractivity contribution < 1.29 is 13.2 Å². The number of rotatable bonds is 5. The summed E-state index contributed by atoms with van der Waals surface area (Å²) in [5.74, 6) is 0.592. The van der Waals surface area contributed by atoms with E-state index in [1.54, 1.807) is 6.20 Å². The Morgan fingerprint density at radius 1 is 1.29 bits per heavy atom. The van der Waals surface area contributed by atoms with Crippen LogP contribution in [0, 0.1) is 0 Å². The highest BCUT2D eigenvalue weighted by atomic mass is 32.2.